The number of nitrogens with one attached hydrogen (secondary N) is 2. The highest BCUT2D eigenvalue weighted by molar-refractivity contribution is 5.15. The van der Waals surface area contributed by atoms with E-state index in [1.54, 1.807) is 0 Å². The molecule has 4 unspecified atom stereocenters. The van der Waals surface area contributed by atoms with E-state index in [1.165, 1.54) is 37.9 Å². The van der Waals surface area contributed by atoms with Gasteiger partial charge in [-0.1, -0.05) is 37.3 Å². The van der Waals surface area contributed by atoms with Gasteiger partial charge < -0.3 is 10.6 Å². The minimum absolute atomic E-state index is 0.718. The Morgan fingerprint density at radius 2 is 2.05 bits per heavy atom. The predicted octanol–water partition coefficient (Wildman–Crippen LogP) is 2.45. The molecule has 0 bridgehead atoms. The van der Waals surface area contributed by atoms with Gasteiger partial charge in [0.05, 0.1) is 0 Å². The normalized spacial score (nSPS) is 31.3. The van der Waals surface area contributed by atoms with Gasteiger partial charge in [-0.25, -0.2) is 0 Å². The summed E-state index contributed by atoms with van der Waals surface area (Å²) >= 11 is 0. The van der Waals surface area contributed by atoms with Gasteiger partial charge in [0.2, 0.25) is 0 Å². The van der Waals surface area contributed by atoms with Crippen LogP contribution in [0.2, 0.25) is 0 Å². The number of fused-ring (bicyclic) bond motifs is 1. The van der Waals surface area contributed by atoms with Crippen LogP contribution in [0.25, 0.3) is 0 Å². The van der Waals surface area contributed by atoms with Crippen LogP contribution in [0.3, 0.4) is 0 Å². The molecule has 1 aliphatic heterocycles. The molecule has 2 N–H and O–H groups in total. The lowest BCUT2D eigenvalue weighted by molar-refractivity contribution is 0.364. The van der Waals surface area contributed by atoms with Crippen LogP contribution in [0.15, 0.2) is 30.3 Å². The fourth-order valence-electron chi connectivity index (χ4n) is 3.84. The van der Waals surface area contributed by atoms with Crippen LogP contribution < -0.4 is 10.6 Å². The smallest absolute Gasteiger partial charge is 0.0111 e. The molecule has 1 saturated carbocycles. The Morgan fingerprint density at radius 1 is 1.21 bits per heavy atom. The number of hydrogen-bond acceptors (Lipinski definition) is 2. The van der Waals surface area contributed by atoms with Crippen molar-refractivity contribution in [3.63, 3.8) is 0 Å². The van der Waals surface area contributed by atoms with Crippen LogP contribution in [0.4, 0.5) is 0 Å². The standard InChI is InChI=1S/C17H26N2/c1-13(9-14-5-3-2-4-6-14)10-19-17-8-7-15-11-18-12-16(15)17/h2-6,13,15-19H,7-12H2,1H3. The Labute approximate surface area is 117 Å². The summed E-state index contributed by atoms with van der Waals surface area (Å²) in [4.78, 5) is 0. The molecule has 104 valence electrons. The molecule has 2 heteroatoms. The number of benzene rings is 1. The summed E-state index contributed by atoms with van der Waals surface area (Å²) in [5.41, 5.74) is 1.46. The van der Waals surface area contributed by atoms with Gasteiger partial charge in [-0.3, -0.25) is 0 Å². The minimum atomic E-state index is 0.718. The van der Waals surface area contributed by atoms with Crippen LogP contribution in [-0.2, 0) is 6.42 Å². The average molecular weight is 258 g/mol. The third-order valence-electron chi connectivity index (χ3n) is 4.91. The summed E-state index contributed by atoms with van der Waals surface area (Å²) in [5.74, 6) is 2.56. The molecule has 1 aromatic carbocycles. The zero-order valence-electron chi connectivity index (χ0n) is 11.9. The zero-order chi connectivity index (χ0) is 13.1. The van der Waals surface area contributed by atoms with Crippen molar-refractivity contribution >= 4 is 0 Å². The lowest BCUT2D eigenvalue weighted by Crippen LogP contribution is -2.38. The van der Waals surface area contributed by atoms with E-state index in [-0.39, 0.29) is 0 Å². The molecule has 3 rings (SSSR count). The van der Waals surface area contributed by atoms with Gasteiger partial charge in [-0.15, -0.1) is 0 Å². The van der Waals surface area contributed by atoms with Gasteiger partial charge >= 0.3 is 0 Å². The molecule has 1 heterocycles. The highest BCUT2D eigenvalue weighted by Crippen LogP contribution is 2.34. The second-order valence-electron chi connectivity index (χ2n) is 6.47. The summed E-state index contributed by atoms with van der Waals surface area (Å²) in [5, 5.41) is 7.37. The van der Waals surface area contributed by atoms with Crippen molar-refractivity contribution in [2.24, 2.45) is 17.8 Å². The molecule has 1 aromatic rings. The van der Waals surface area contributed by atoms with Crippen molar-refractivity contribution in [1.82, 2.24) is 10.6 Å². The summed E-state index contributed by atoms with van der Waals surface area (Å²) in [7, 11) is 0. The van der Waals surface area contributed by atoms with Crippen molar-refractivity contribution < 1.29 is 0 Å². The third-order valence-corrected chi connectivity index (χ3v) is 4.91. The quantitative estimate of drug-likeness (QED) is 0.848. The molecule has 4 atom stereocenters. The fraction of sp³-hybridized carbons (Fsp3) is 0.647. The highest BCUT2D eigenvalue weighted by atomic mass is 15.0. The van der Waals surface area contributed by atoms with Crippen molar-refractivity contribution in [2.75, 3.05) is 19.6 Å². The first-order valence-electron chi connectivity index (χ1n) is 7.81. The Balaban J connectivity index is 1.44. The second kappa shape index (κ2) is 6.06. The van der Waals surface area contributed by atoms with Crippen LogP contribution in [0, 0.1) is 17.8 Å². The van der Waals surface area contributed by atoms with Crippen LogP contribution in [0.1, 0.15) is 25.3 Å². The predicted molar refractivity (Wildman–Crippen MR) is 80.2 cm³/mol. The molecule has 2 aliphatic rings. The average Bonchev–Trinajstić information content (AvgIpc) is 3.01. The lowest BCUT2D eigenvalue weighted by atomic mass is 9.96. The summed E-state index contributed by atoms with van der Waals surface area (Å²) in [6.45, 7) is 6.00. The summed E-state index contributed by atoms with van der Waals surface area (Å²) in [6.07, 6.45) is 3.99. The van der Waals surface area contributed by atoms with E-state index in [1.807, 2.05) is 0 Å². The van der Waals surface area contributed by atoms with E-state index in [2.05, 4.69) is 47.9 Å². The molecule has 19 heavy (non-hydrogen) atoms. The largest absolute Gasteiger partial charge is 0.316 e. The Morgan fingerprint density at radius 3 is 2.89 bits per heavy atom. The molecule has 2 fully saturated rings. The molecule has 2 nitrogen and oxygen atoms in total. The van der Waals surface area contributed by atoms with Gasteiger partial charge in [-0.05, 0) is 62.2 Å². The second-order valence-corrected chi connectivity index (χ2v) is 6.47. The lowest BCUT2D eigenvalue weighted by Gasteiger charge is -2.22. The van der Waals surface area contributed by atoms with Crippen molar-refractivity contribution in [3.8, 4) is 0 Å². The molecule has 0 radical (unpaired) electrons. The highest BCUT2D eigenvalue weighted by Gasteiger charge is 2.38. The maximum absolute atomic E-state index is 3.83. The van der Waals surface area contributed by atoms with E-state index in [0.717, 1.165) is 30.3 Å². The van der Waals surface area contributed by atoms with Gasteiger partial charge in [-0.2, -0.15) is 0 Å². The Bertz CT molecular complexity index is 390. The molecular weight excluding hydrogens is 232 g/mol. The molecule has 0 aromatic heterocycles. The zero-order valence-corrected chi connectivity index (χ0v) is 11.9. The van der Waals surface area contributed by atoms with Gasteiger partial charge in [0, 0.05) is 6.04 Å². The van der Waals surface area contributed by atoms with Crippen molar-refractivity contribution in [3.05, 3.63) is 35.9 Å². The minimum Gasteiger partial charge on any atom is -0.316 e. The van der Waals surface area contributed by atoms with E-state index in [0.29, 0.717) is 0 Å². The maximum atomic E-state index is 3.83. The maximum Gasteiger partial charge on any atom is 0.0111 e. The number of hydrogen-bond donors (Lipinski definition) is 2. The van der Waals surface area contributed by atoms with Gasteiger partial charge in [0.1, 0.15) is 0 Å². The van der Waals surface area contributed by atoms with E-state index in [4.69, 9.17) is 0 Å². The van der Waals surface area contributed by atoms with E-state index >= 15 is 0 Å². The summed E-state index contributed by atoms with van der Waals surface area (Å²) in [6, 6.07) is 11.6. The Hall–Kier alpha value is -0.860. The molecule has 1 aliphatic carbocycles. The van der Waals surface area contributed by atoms with Crippen molar-refractivity contribution in [1.29, 1.82) is 0 Å². The third kappa shape index (κ3) is 3.18. The van der Waals surface area contributed by atoms with E-state index in [9.17, 15) is 0 Å². The van der Waals surface area contributed by atoms with Crippen LogP contribution >= 0.6 is 0 Å². The van der Waals surface area contributed by atoms with E-state index < -0.39 is 0 Å². The fourth-order valence-corrected chi connectivity index (χ4v) is 3.84. The first kappa shape index (κ1) is 13.1. The number of rotatable bonds is 5. The monoisotopic (exact) mass is 258 g/mol. The SMILES string of the molecule is CC(CNC1CCC2CNCC21)Cc1ccccc1. The van der Waals surface area contributed by atoms with Gasteiger partial charge in [0.25, 0.3) is 0 Å². The topological polar surface area (TPSA) is 24.1 Å². The van der Waals surface area contributed by atoms with Crippen molar-refractivity contribution in [2.45, 2.75) is 32.2 Å². The van der Waals surface area contributed by atoms with Crippen LogP contribution in [0.5, 0.6) is 0 Å². The molecule has 1 saturated heterocycles. The first-order valence-corrected chi connectivity index (χ1v) is 7.81. The Kier molecular flexibility index (Phi) is 4.19. The first-order chi connectivity index (χ1) is 9.33. The molecule has 0 amide bonds. The summed E-state index contributed by atoms with van der Waals surface area (Å²) < 4.78 is 0. The van der Waals surface area contributed by atoms with Crippen LogP contribution in [-0.4, -0.2) is 25.7 Å². The van der Waals surface area contributed by atoms with Gasteiger partial charge in [0.15, 0.2) is 0 Å². The molecule has 0 spiro atoms. The molecular formula is C17H26N2.